The predicted octanol–water partition coefficient (Wildman–Crippen LogP) is 4.90. The van der Waals surface area contributed by atoms with Crippen molar-refractivity contribution in [3.05, 3.63) is 52.7 Å². The molecule has 0 spiro atoms. The van der Waals surface area contributed by atoms with Gasteiger partial charge < -0.3 is 25.9 Å². The Hall–Kier alpha value is -3.48. The molecular formula is C27H35N3O4. The van der Waals surface area contributed by atoms with Crippen LogP contribution in [0.4, 0.5) is 5.82 Å². The number of nitrogens with two attached hydrogens (primary N) is 2. The Balaban J connectivity index is 2.08. The maximum atomic E-state index is 13.4. The van der Waals surface area contributed by atoms with E-state index in [4.69, 9.17) is 16.2 Å². The van der Waals surface area contributed by atoms with Crippen LogP contribution in [-0.2, 0) is 17.4 Å². The maximum absolute atomic E-state index is 13.4. The SMILES string of the molecule is CCOc1cc2cn(CC(=O)c3cc(C(C)(C)C)c(O)c(C(C)(C)C)c3)c(N)c2cc1C(N)=O. The molecule has 2 aromatic carbocycles. The molecule has 1 heterocycles. The van der Waals surface area contributed by atoms with Gasteiger partial charge in [0, 0.05) is 33.7 Å². The Morgan fingerprint density at radius 3 is 2.03 bits per heavy atom. The lowest BCUT2D eigenvalue weighted by Crippen LogP contribution is -2.20. The zero-order valence-corrected chi connectivity index (χ0v) is 21.1. The number of primary amides is 1. The van der Waals surface area contributed by atoms with Crippen molar-refractivity contribution in [2.24, 2.45) is 5.73 Å². The Bertz CT molecular complexity index is 1240. The van der Waals surface area contributed by atoms with E-state index in [1.807, 2.05) is 48.5 Å². The lowest BCUT2D eigenvalue weighted by molar-refractivity contribution is 0.0970. The monoisotopic (exact) mass is 465 g/mol. The molecule has 0 unspecified atom stereocenters. The Morgan fingerprint density at radius 1 is 1.00 bits per heavy atom. The fourth-order valence-electron chi connectivity index (χ4n) is 4.10. The normalized spacial score (nSPS) is 12.2. The smallest absolute Gasteiger partial charge is 0.252 e. The van der Waals surface area contributed by atoms with Gasteiger partial charge in [0.25, 0.3) is 5.91 Å². The second kappa shape index (κ2) is 8.70. The minimum Gasteiger partial charge on any atom is -0.507 e. The number of ether oxygens (including phenoxy) is 1. The fraction of sp³-hybridized carbons (Fsp3) is 0.407. The highest BCUT2D eigenvalue weighted by Gasteiger charge is 2.28. The van der Waals surface area contributed by atoms with Crippen LogP contribution >= 0.6 is 0 Å². The fourth-order valence-corrected chi connectivity index (χ4v) is 4.10. The molecule has 0 radical (unpaired) electrons. The molecule has 182 valence electrons. The molecule has 5 N–H and O–H groups in total. The molecular weight excluding hydrogens is 430 g/mol. The van der Waals surface area contributed by atoms with Gasteiger partial charge in [-0.1, -0.05) is 41.5 Å². The third-order valence-corrected chi connectivity index (χ3v) is 5.96. The highest BCUT2D eigenvalue weighted by atomic mass is 16.5. The van der Waals surface area contributed by atoms with E-state index >= 15 is 0 Å². The number of carbonyl (C=O) groups is 2. The number of nitrogens with zero attached hydrogens (tertiary/aromatic N) is 1. The summed E-state index contributed by atoms with van der Waals surface area (Å²) in [6, 6.07) is 6.86. The quantitative estimate of drug-likeness (QED) is 0.447. The summed E-state index contributed by atoms with van der Waals surface area (Å²) in [5.74, 6) is 0.226. The molecule has 0 saturated heterocycles. The third-order valence-electron chi connectivity index (χ3n) is 5.96. The molecule has 34 heavy (non-hydrogen) atoms. The Morgan fingerprint density at radius 2 is 1.56 bits per heavy atom. The average molecular weight is 466 g/mol. The second-order valence-corrected chi connectivity index (χ2v) is 10.7. The number of carbonyl (C=O) groups excluding carboxylic acids is 2. The number of amides is 1. The minimum atomic E-state index is -0.609. The first-order valence-corrected chi connectivity index (χ1v) is 11.4. The van der Waals surface area contributed by atoms with Gasteiger partial charge >= 0.3 is 0 Å². The van der Waals surface area contributed by atoms with Crippen molar-refractivity contribution in [1.82, 2.24) is 4.57 Å². The first-order valence-electron chi connectivity index (χ1n) is 11.4. The molecule has 0 bridgehead atoms. The van der Waals surface area contributed by atoms with Crippen LogP contribution in [-0.4, -0.2) is 28.0 Å². The van der Waals surface area contributed by atoms with Gasteiger partial charge in [0.05, 0.1) is 18.7 Å². The van der Waals surface area contributed by atoms with Gasteiger partial charge in [-0.3, -0.25) is 9.59 Å². The highest BCUT2D eigenvalue weighted by molar-refractivity contribution is 6.04. The first-order chi connectivity index (χ1) is 15.6. The number of phenols is 1. The Kier molecular flexibility index (Phi) is 6.44. The number of hydrogen-bond donors (Lipinski definition) is 3. The van der Waals surface area contributed by atoms with Crippen LogP contribution < -0.4 is 16.2 Å². The summed E-state index contributed by atoms with van der Waals surface area (Å²) < 4.78 is 7.23. The van der Waals surface area contributed by atoms with E-state index < -0.39 is 5.91 Å². The summed E-state index contributed by atoms with van der Waals surface area (Å²) in [7, 11) is 0. The number of phenolic OH excluding ortho intramolecular Hbond substituents is 1. The molecule has 3 rings (SSSR count). The van der Waals surface area contributed by atoms with Gasteiger partial charge in [0.15, 0.2) is 5.78 Å². The number of Topliss-reactive ketones (excluding diaryl/α,β-unsaturated/α-hetero) is 1. The first kappa shape index (κ1) is 25.1. The topological polar surface area (TPSA) is 121 Å². The number of fused-ring (bicyclic) bond motifs is 1. The van der Waals surface area contributed by atoms with Crippen molar-refractivity contribution in [3.8, 4) is 11.5 Å². The van der Waals surface area contributed by atoms with Crippen molar-refractivity contribution in [2.45, 2.75) is 65.8 Å². The van der Waals surface area contributed by atoms with Crippen molar-refractivity contribution in [3.63, 3.8) is 0 Å². The lowest BCUT2D eigenvalue weighted by Gasteiger charge is -2.28. The number of ketones is 1. The van der Waals surface area contributed by atoms with Crippen LogP contribution in [0.2, 0.25) is 0 Å². The zero-order valence-electron chi connectivity index (χ0n) is 21.1. The van der Waals surface area contributed by atoms with E-state index in [1.54, 1.807) is 35.0 Å². The molecule has 0 fully saturated rings. The highest BCUT2D eigenvalue weighted by Crippen LogP contribution is 2.40. The molecule has 0 aliphatic rings. The standard InChI is InChI=1S/C27H35N3O4/c1-8-34-22-11-16-13-30(24(28)17(16)12-18(22)25(29)33)14-21(31)15-9-19(26(2,3)4)23(32)20(10-15)27(5,6)7/h9-13,32H,8,14,28H2,1-7H3,(H2,29,33). The number of benzene rings is 2. The number of anilines is 1. The molecule has 7 nitrogen and oxygen atoms in total. The van der Waals surface area contributed by atoms with Crippen LogP contribution in [0.15, 0.2) is 30.5 Å². The summed E-state index contributed by atoms with van der Waals surface area (Å²) in [5, 5.41) is 12.3. The third kappa shape index (κ3) is 4.74. The van der Waals surface area contributed by atoms with E-state index in [2.05, 4.69) is 0 Å². The largest absolute Gasteiger partial charge is 0.507 e. The van der Waals surface area contributed by atoms with Crippen LogP contribution in [0.1, 0.15) is 80.3 Å². The molecule has 7 heteroatoms. The van der Waals surface area contributed by atoms with Gasteiger partial charge in [-0.15, -0.1) is 0 Å². The molecule has 0 atom stereocenters. The van der Waals surface area contributed by atoms with Gasteiger partial charge in [0.1, 0.15) is 17.3 Å². The minimum absolute atomic E-state index is 0.00826. The molecule has 1 aromatic heterocycles. The second-order valence-electron chi connectivity index (χ2n) is 10.7. The number of aromatic hydroxyl groups is 1. The summed E-state index contributed by atoms with van der Waals surface area (Å²) in [6.07, 6.45) is 1.77. The summed E-state index contributed by atoms with van der Waals surface area (Å²) in [6.45, 7) is 14.2. The van der Waals surface area contributed by atoms with Gasteiger partial charge in [0.2, 0.25) is 0 Å². The van der Waals surface area contributed by atoms with E-state index in [-0.39, 0.29) is 34.5 Å². The van der Waals surface area contributed by atoms with Crippen LogP contribution in [0.5, 0.6) is 11.5 Å². The number of aromatic nitrogens is 1. The average Bonchev–Trinajstić information content (AvgIpc) is 3.00. The van der Waals surface area contributed by atoms with Crippen LogP contribution in [0, 0.1) is 0 Å². The summed E-state index contributed by atoms with van der Waals surface area (Å²) in [4.78, 5) is 25.3. The maximum Gasteiger partial charge on any atom is 0.252 e. The van der Waals surface area contributed by atoms with Crippen molar-refractivity contribution < 1.29 is 19.4 Å². The lowest BCUT2D eigenvalue weighted by atomic mass is 9.78. The van der Waals surface area contributed by atoms with E-state index in [0.717, 1.165) is 16.5 Å². The Labute approximate surface area is 200 Å². The van der Waals surface area contributed by atoms with E-state index in [9.17, 15) is 14.7 Å². The summed E-state index contributed by atoms with van der Waals surface area (Å²) in [5.41, 5.74) is 13.4. The van der Waals surface area contributed by atoms with Crippen LogP contribution in [0.25, 0.3) is 10.8 Å². The number of nitrogen functional groups attached to an aromatic ring is 1. The van der Waals surface area contributed by atoms with Crippen molar-refractivity contribution in [1.29, 1.82) is 0 Å². The molecule has 1 amide bonds. The molecule has 0 saturated carbocycles. The van der Waals surface area contributed by atoms with Crippen molar-refractivity contribution >= 4 is 28.3 Å². The van der Waals surface area contributed by atoms with Crippen molar-refractivity contribution in [2.75, 3.05) is 12.3 Å². The van der Waals surface area contributed by atoms with Crippen LogP contribution in [0.3, 0.4) is 0 Å². The van der Waals surface area contributed by atoms with Gasteiger partial charge in [-0.2, -0.15) is 0 Å². The van der Waals surface area contributed by atoms with E-state index in [1.165, 1.54) is 0 Å². The zero-order chi connectivity index (χ0) is 25.6. The summed E-state index contributed by atoms with van der Waals surface area (Å²) >= 11 is 0. The molecule has 0 aliphatic carbocycles. The van der Waals surface area contributed by atoms with Gasteiger partial charge in [-0.05, 0) is 42.0 Å². The van der Waals surface area contributed by atoms with E-state index in [0.29, 0.717) is 29.1 Å². The molecule has 0 aliphatic heterocycles. The predicted molar refractivity (Wildman–Crippen MR) is 136 cm³/mol. The molecule has 3 aromatic rings. The number of rotatable bonds is 6. The van der Waals surface area contributed by atoms with Gasteiger partial charge in [-0.25, -0.2) is 0 Å². The number of hydrogen-bond acceptors (Lipinski definition) is 5.